The predicted molar refractivity (Wildman–Crippen MR) is 154 cm³/mol. The van der Waals surface area contributed by atoms with Crippen molar-refractivity contribution in [2.24, 2.45) is 11.7 Å². The Morgan fingerprint density at radius 3 is 1.80 bits per heavy atom. The summed E-state index contributed by atoms with van der Waals surface area (Å²) in [6.45, 7) is 6.01. The molecule has 0 heterocycles. The second-order valence-corrected chi connectivity index (χ2v) is 10.3. The molecule has 0 unspecified atom stereocenters. The minimum absolute atomic E-state index is 0.105. The van der Waals surface area contributed by atoms with Crippen LogP contribution in [-0.2, 0) is 38.8 Å². The Bertz CT molecular complexity index is 1210. The first kappa shape index (κ1) is 30.4. The molecule has 0 fully saturated rings. The van der Waals surface area contributed by atoms with Crippen molar-refractivity contribution in [1.82, 2.24) is 10.6 Å². The number of carbonyl (C=O) groups excluding carboxylic acids is 3. The molecule has 0 radical (unpaired) electrons. The lowest BCUT2D eigenvalue weighted by molar-refractivity contribution is -0.149. The van der Waals surface area contributed by atoms with Crippen LogP contribution in [0.1, 0.15) is 43.9 Å². The highest BCUT2D eigenvalue weighted by atomic mass is 16.5. The van der Waals surface area contributed by atoms with E-state index in [1.54, 1.807) is 6.92 Å². The molecule has 2 amide bonds. The molecule has 0 saturated heterocycles. The number of rotatable bonds is 14. The Morgan fingerprint density at radius 1 is 0.700 bits per heavy atom. The molecule has 0 aliphatic heterocycles. The van der Waals surface area contributed by atoms with Crippen LogP contribution in [0.25, 0.3) is 0 Å². The first-order chi connectivity index (χ1) is 19.2. The van der Waals surface area contributed by atoms with Crippen LogP contribution in [0.2, 0.25) is 0 Å². The Labute approximate surface area is 236 Å². The zero-order valence-electron chi connectivity index (χ0n) is 23.3. The second-order valence-electron chi connectivity index (χ2n) is 10.3. The van der Waals surface area contributed by atoms with Gasteiger partial charge in [0.1, 0.15) is 31.0 Å². The fourth-order valence-corrected chi connectivity index (χ4v) is 4.00. The van der Waals surface area contributed by atoms with Crippen molar-refractivity contribution in [3.63, 3.8) is 0 Å². The smallest absolute Gasteiger partial charge is 0.328 e. The quantitative estimate of drug-likeness (QED) is 0.264. The summed E-state index contributed by atoms with van der Waals surface area (Å²) in [5.74, 6) is -0.666. The van der Waals surface area contributed by atoms with E-state index < -0.39 is 35.9 Å². The van der Waals surface area contributed by atoms with Crippen molar-refractivity contribution in [3.8, 4) is 5.75 Å². The largest absolute Gasteiger partial charge is 0.489 e. The van der Waals surface area contributed by atoms with Gasteiger partial charge in [-0.15, -0.1) is 0 Å². The SMILES string of the molecule is CC(C)C[C@H](NC(=O)[C@H](Cc1ccc(OCc2ccccc2)cc1)NC(=O)[C@H](C)N)C(=O)OCc1ccccc1. The second kappa shape index (κ2) is 15.4. The highest BCUT2D eigenvalue weighted by molar-refractivity contribution is 5.92. The van der Waals surface area contributed by atoms with Gasteiger partial charge in [0.2, 0.25) is 11.8 Å². The Kier molecular flexibility index (Phi) is 11.7. The average Bonchev–Trinajstić information content (AvgIpc) is 2.95. The number of hydrogen-bond donors (Lipinski definition) is 3. The Hall–Kier alpha value is -4.17. The van der Waals surface area contributed by atoms with E-state index in [1.807, 2.05) is 98.8 Å². The summed E-state index contributed by atoms with van der Waals surface area (Å²) >= 11 is 0. The van der Waals surface area contributed by atoms with Crippen molar-refractivity contribution in [1.29, 1.82) is 0 Å². The average molecular weight is 546 g/mol. The first-order valence-electron chi connectivity index (χ1n) is 13.5. The molecule has 212 valence electrons. The number of amides is 2. The lowest BCUT2D eigenvalue weighted by Gasteiger charge is -2.24. The number of benzene rings is 3. The summed E-state index contributed by atoms with van der Waals surface area (Å²) in [7, 11) is 0. The zero-order chi connectivity index (χ0) is 28.9. The summed E-state index contributed by atoms with van der Waals surface area (Å²) < 4.78 is 11.4. The van der Waals surface area contributed by atoms with Gasteiger partial charge in [-0.3, -0.25) is 9.59 Å². The van der Waals surface area contributed by atoms with E-state index in [-0.39, 0.29) is 18.9 Å². The van der Waals surface area contributed by atoms with Gasteiger partial charge in [0.05, 0.1) is 6.04 Å². The molecule has 3 rings (SSSR count). The molecule has 0 aromatic heterocycles. The van der Waals surface area contributed by atoms with Gasteiger partial charge in [-0.2, -0.15) is 0 Å². The molecule has 0 aliphatic rings. The summed E-state index contributed by atoms with van der Waals surface area (Å²) in [6.07, 6.45) is 0.595. The van der Waals surface area contributed by atoms with E-state index in [1.165, 1.54) is 0 Å². The van der Waals surface area contributed by atoms with Gasteiger partial charge < -0.3 is 25.8 Å². The highest BCUT2D eigenvalue weighted by Gasteiger charge is 2.29. The number of nitrogens with two attached hydrogens (primary N) is 1. The predicted octanol–water partition coefficient (Wildman–Crippen LogP) is 3.91. The van der Waals surface area contributed by atoms with Crippen molar-refractivity contribution in [2.45, 2.75) is 65.0 Å². The van der Waals surface area contributed by atoms with E-state index in [9.17, 15) is 14.4 Å². The van der Waals surface area contributed by atoms with E-state index in [2.05, 4.69) is 10.6 Å². The summed E-state index contributed by atoms with van der Waals surface area (Å²) in [4.78, 5) is 38.8. The van der Waals surface area contributed by atoms with E-state index >= 15 is 0 Å². The van der Waals surface area contributed by atoms with Crippen molar-refractivity contribution in [2.75, 3.05) is 0 Å². The maximum absolute atomic E-state index is 13.4. The van der Waals surface area contributed by atoms with Gasteiger partial charge in [-0.1, -0.05) is 86.6 Å². The third kappa shape index (κ3) is 10.2. The van der Waals surface area contributed by atoms with Crippen LogP contribution in [-0.4, -0.2) is 35.9 Å². The molecule has 3 aromatic rings. The molecular weight excluding hydrogens is 506 g/mol. The zero-order valence-corrected chi connectivity index (χ0v) is 23.3. The fraction of sp³-hybridized carbons (Fsp3) is 0.344. The van der Waals surface area contributed by atoms with Crippen LogP contribution >= 0.6 is 0 Å². The van der Waals surface area contributed by atoms with Crippen molar-refractivity contribution >= 4 is 17.8 Å². The monoisotopic (exact) mass is 545 g/mol. The molecule has 3 aromatic carbocycles. The molecule has 0 spiro atoms. The van der Waals surface area contributed by atoms with E-state index in [0.29, 0.717) is 18.8 Å². The summed E-state index contributed by atoms with van der Waals surface area (Å²) in [6, 6.07) is 23.9. The van der Waals surface area contributed by atoms with Gasteiger partial charge in [0, 0.05) is 6.42 Å². The number of esters is 1. The van der Waals surface area contributed by atoms with Gasteiger partial charge in [0.25, 0.3) is 0 Å². The molecule has 8 heteroatoms. The maximum Gasteiger partial charge on any atom is 0.328 e. The van der Waals surface area contributed by atoms with Crippen LogP contribution in [0.4, 0.5) is 0 Å². The Morgan fingerprint density at radius 2 is 1.25 bits per heavy atom. The lowest BCUT2D eigenvalue weighted by Crippen LogP contribution is -2.55. The molecule has 0 saturated carbocycles. The first-order valence-corrected chi connectivity index (χ1v) is 13.5. The van der Waals surface area contributed by atoms with Crippen molar-refractivity contribution in [3.05, 3.63) is 102 Å². The highest BCUT2D eigenvalue weighted by Crippen LogP contribution is 2.16. The molecule has 40 heavy (non-hydrogen) atoms. The number of ether oxygens (including phenoxy) is 2. The third-order valence-corrected chi connectivity index (χ3v) is 6.19. The van der Waals surface area contributed by atoms with Crippen LogP contribution in [0.15, 0.2) is 84.9 Å². The van der Waals surface area contributed by atoms with Gasteiger partial charge >= 0.3 is 5.97 Å². The van der Waals surface area contributed by atoms with Gasteiger partial charge in [-0.05, 0) is 48.1 Å². The Balaban J connectivity index is 1.67. The minimum atomic E-state index is -0.939. The third-order valence-electron chi connectivity index (χ3n) is 6.19. The topological polar surface area (TPSA) is 120 Å². The minimum Gasteiger partial charge on any atom is -0.489 e. The number of hydrogen-bond acceptors (Lipinski definition) is 6. The van der Waals surface area contributed by atoms with E-state index in [0.717, 1.165) is 16.7 Å². The maximum atomic E-state index is 13.4. The van der Waals surface area contributed by atoms with Crippen LogP contribution in [0.3, 0.4) is 0 Å². The number of nitrogens with one attached hydrogen (secondary N) is 2. The standard InChI is InChI=1S/C32H39N3O5/c1-22(2)18-29(32(38)40-21-26-12-8-5-9-13-26)35-31(37)28(34-30(36)23(3)33)19-24-14-16-27(17-15-24)39-20-25-10-6-4-7-11-25/h4-17,22-23,28-29H,18-21,33H2,1-3H3,(H,34,36)(H,35,37)/t23-,28-,29-/m0/s1. The molecule has 8 nitrogen and oxygen atoms in total. The van der Waals surface area contributed by atoms with Crippen LogP contribution in [0.5, 0.6) is 5.75 Å². The molecular formula is C32H39N3O5. The number of carbonyl (C=O) groups is 3. The molecule has 4 N–H and O–H groups in total. The summed E-state index contributed by atoms with van der Waals surface area (Å²) in [5.41, 5.74) is 8.47. The fourth-order valence-electron chi connectivity index (χ4n) is 4.00. The lowest BCUT2D eigenvalue weighted by atomic mass is 10.0. The van der Waals surface area contributed by atoms with Crippen LogP contribution < -0.4 is 21.1 Å². The molecule has 3 atom stereocenters. The molecule has 0 bridgehead atoms. The summed E-state index contributed by atoms with van der Waals surface area (Å²) in [5, 5.41) is 5.53. The van der Waals surface area contributed by atoms with Gasteiger partial charge in [-0.25, -0.2) is 4.79 Å². The van der Waals surface area contributed by atoms with Crippen molar-refractivity contribution < 1.29 is 23.9 Å². The normalized spacial score (nSPS) is 13.1. The van der Waals surface area contributed by atoms with Crippen LogP contribution in [0, 0.1) is 5.92 Å². The van der Waals surface area contributed by atoms with E-state index in [4.69, 9.17) is 15.2 Å². The van der Waals surface area contributed by atoms with Gasteiger partial charge in [0.15, 0.2) is 0 Å². The molecule has 0 aliphatic carbocycles.